The molecule has 0 spiro atoms. The number of thioether (sulfide) groups is 1. The number of carboxylic acids is 1. The summed E-state index contributed by atoms with van der Waals surface area (Å²) < 4.78 is 16.9. The minimum atomic E-state index is -0.849. The fourth-order valence-electron chi connectivity index (χ4n) is 2.79. The number of hydrogen-bond donors (Lipinski definition) is 2. The van der Waals surface area contributed by atoms with Crippen LogP contribution >= 0.6 is 23.4 Å². The Kier molecular flexibility index (Phi) is 6.93. The molecular formula is C20H22ClNO5S. The summed E-state index contributed by atoms with van der Waals surface area (Å²) in [4.78, 5) is 11.2. The van der Waals surface area contributed by atoms with Gasteiger partial charge in [0.25, 0.3) is 0 Å². The Balaban J connectivity index is 1.63. The molecule has 0 bridgehead atoms. The van der Waals surface area contributed by atoms with Gasteiger partial charge in [0.1, 0.15) is 36.5 Å². The van der Waals surface area contributed by atoms with Crippen molar-refractivity contribution in [2.24, 2.45) is 0 Å². The number of methoxy groups -OCH3 is 1. The first-order valence-corrected chi connectivity index (χ1v) is 10.2. The molecule has 0 amide bonds. The average molecular weight is 424 g/mol. The molecule has 28 heavy (non-hydrogen) atoms. The van der Waals surface area contributed by atoms with E-state index in [-0.39, 0.29) is 5.37 Å². The van der Waals surface area contributed by atoms with Crippen LogP contribution in [0.5, 0.6) is 17.2 Å². The molecule has 1 saturated heterocycles. The number of benzene rings is 2. The van der Waals surface area contributed by atoms with Gasteiger partial charge in [0.05, 0.1) is 12.5 Å². The third kappa shape index (κ3) is 5.04. The smallest absolute Gasteiger partial charge is 0.321 e. The Morgan fingerprint density at radius 2 is 1.96 bits per heavy atom. The summed E-state index contributed by atoms with van der Waals surface area (Å²) in [6, 6.07) is 10.5. The van der Waals surface area contributed by atoms with Crippen molar-refractivity contribution in [2.45, 2.75) is 18.3 Å². The second-order valence-electron chi connectivity index (χ2n) is 6.28. The average Bonchev–Trinajstić information content (AvgIpc) is 3.18. The summed E-state index contributed by atoms with van der Waals surface area (Å²) in [6.45, 7) is 2.62. The second-order valence-corrected chi connectivity index (χ2v) is 7.83. The fraction of sp³-hybridized carbons (Fsp3) is 0.350. The first-order valence-electron chi connectivity index (χ1n) is 8.78. The fourth-order valence-corrected chi connectivity index (χ4v) is 4.17. The van der Waals surface area contributed by atoms with Crippen molar-refractivity contribution in [1.82, 2.24) is 5.32 Å². The molecule has 6 nitrogen and oxygen atoms in total. The minimum absolute atomic E-state index is 0.151. The van der Waals surface area contributed by atoms with Crippen LogP contribution in [0.25, 0.3) is 0 Å². The van der Waals surface area contributed by atoms with Crippen LogP contribution in [0.4, 0.5) is 0 Å². The van der Waals surface area contributed by atoms with Gasteiger partial charge in [0, 0.05) is 22.4 Å². The zero-order chi connectivity index (χ0) is 20.1. The predicted octanol–water partition coefficient (Wildman–Crippen LogP) is 3.90. The van der Waals surface area contributed by atoms with Crippen LogP contribution in [-0.4, -0.2) is 43.2 Å². The van der Waals surface area contributed by atoms with E-state index in [0.29, 0.717) is 35.5 Å². The molecule has 3 rings (SSSR count). The van der Waals surface area contributed by atoms with Gasteiger partial charge in [-0.1, -0.05) is 11.6 Å². The third-order valence-electron chi connectivity index (χ3n) is 4.32. The van der Waals surface area contributed by atoms with E-state index in [2.05, 4.69) is 5.32 Å². The van der Waals surface area contributed by atoms with Crippen LogP contribution in [0.15, 0.2) is 36.4 Å². The lowest BCUT2D eigenvalue weighted by Crippen LogP contribution is -2.33. The van der Waals surface area contributed by atoms with Crippen LogP contribution in [0.3, 0.4) is 0 Å². The molecule has 2 unspecified atom stereocenters. The lowest BCUT2D eigenvalue weighted by Gasteiger charge is -2.18. The molecule has 1 heterocycles. The van der Waals surface area contributed by atoms with Crippen molar-refractivity contribution in [3.63, 3.8) is 0 Å². The molecule has 0 saturated carbocycles. The number of rotatable bonds is 8. The van der Waals surface area contributed by atoms with Gasteiger partial charge in [-0.2, -0.15) is 0 Å². The van der Waals surface area contributed by atoms with Crippen molar-refractivity contribution in [2.75, 3.05) is 26.1 Å². The van der Waals surface area contributed by atoms with Crippen LogP contribution in [0.1, 0.15) is 16.5 Å². The zero-order valence-corrected chi connectivity index (χ0v) is 17.2. The van der Waals surface area contributed by atoms with E-state index in [1.165, 1.54) is 0 Å². The SMILES string of the molecule is COc1ccc(C2NC(C(=O)O)CS2)c(OCCOc2ccc(Cl)c(C)c2)c1. The van der Waals surface area contributed by atoms with Crippen molar-refractivity contribution in [1.29, 1.82) is 0 Å². The Hall–Kier alpha value is -2.09. The number of aliphatic carboxylic acids is 1. The maximum Gasteiger partial charge on any atom is 0.321 e. The van der Waals surface area contributed by atoms with E-state index in [1.54, 1.807) is 31.0 Å². The second kappa shape index (κ2) is 9.41. The Morgan fingerprint density at radius 1 is 1.21 bits per heavy atom. The highest BCUT2D eigenvalue weighted by Gasteiger charge is 2.32. The number of halogens is 1. The molecule has 8 heteroatoms. The molecule has 0 radical (unpaired) electrons. The van der Waals surface area contributed by atoms with Crippen LogP contribution in [-0.2, 0) is 4.79 Å². The topological polar surface area (TPSA) is 77.0 Å². The number of hydrogen-bond acceptors (Lipinski definition) is 6. The van der Waals surface area contributed by atoms with Gasteiger partial charge >= 0.3 is 5.97 Å². The first kappa shape index (κ1) is 20.6. The number of carboxylic acid groups (broad SMARTS) is 1. The van der Waals surface area contributed by atoms with Crippen LogP contribution in [0, 0.1) is 6.92 Å². The minimum Gasteiger partial charge on any atom is -0.497 e. The molecule has 1 aliphatic rings. The van der Waals surface area contributed by atoms with Gasteiger partial charge in [-0.3, -0.25) is 10.1 Å². The van der Waals surface area contributed by atoms with E-state index in [4.69, 9.17) is 25.8 Å². The quantitative estimate of drug-likeness (QED) is 0.623. The van der Waals surface area contributed by atoms with Crippen molar-refractivity contribution < 1.29 is 24.1 Å². The maximum atomic E-state index is 11.2. The highest BCUT2D eigenvalue weighted by atomic mass is 35.5. The first-order chi connectivity index (χ1) is 13.5. The van der Waals surface area contributed by atoms with Gasteiger partial charge in [0.15, 0.2) is 0 Å². The van der Waals surface area contributed by atoms with Gasteiger partial charge in [-0.05, 0) is 42.8 Å². The van der Waals surface area contributed by atoms with Crippen molar-refractivity contribution in [3.05, 3.63) is 52.5 Å². The van der Waals surface area contributed by atoms with Crippen LogP contribution < -0.4 is 19.5 Å². The summed E-state index contributed by atoms with van der Waals surface area (Å²) >= 11 is 7.57. The Morgan fingerprint density at radius 3 is 2.64 bits per heavy atom. The molecule has 0 aromatic heterocycles. The molecule has 2 aromatic rings. The van der Waals surface area contributed by atoms with E-state index in [0.717, 1.165) is 16.9 Å². The molecule has 2 aromatic carbocycles. The maximum absolute atomic E-state index is 11.2. The molecule has 1 fully saturated rings. The summed E-state index contributed by atoms with van der Waals surface area (Å²) in [5.74, 6) is 1.70. The lowest BCUT2D eigenvalue weighted by atomic mass is 10.1. The molecule has 2 N–H and O–H groups in total. The standard InChI is InChI=1S/C20H22ClNO5S/c1-12-9-14(4-6-16(12)21)26-7-8-27-18-10-13(25-2)3-5-15(18)19-22-17(11-28-19)20(23)24/h3-6,9-10,17,19,22H,7-8,11H2,1-2H3,(H,23,24). The zero-order valence-electron chi connectivity index (χ0n) is 15.6. The number of carbonyl (C=O) groups is 1. The number of ether oxygens (including phenoxy) is 3. The van der Waals surface area contributed by atoms with Crippen molar-refractivity contribution >= 4 is 29.3 Å². The number of aryl methyl sites for hydroxylation is 1. The summed E-state index contributed by atoms with van der Waals surface area (Å²) in [5.41, 5.74) is 1.84. The van der Waals surface area contributed by atoms with Crippen LogP contribution in [0.2, 0.25) is 5.02 Å². The number of nitrogens with one attached hydrogen (secondary N) is 1. The Bertz CT molecular complexity index is 847. The monoisotopic (exact) mass is 423 g/mol. The van der Waals surface area contributed by atoms with Gasteiger partial charge in [-0.25, -0.2) is 0 Å². The van der Waals surface area contributed by atoms with Gasteiger partial charge in [0.2, 0.25) is 0 Å². The van der Waals surface area contributed by atoms with E-state index >= 15 is 0 Å². The largest absolute Gasteiger partial charge is 0.497 e. The van der Waals surface area contributed by atoms with E-state index in [9.17, 15) is 9.90 Å². The predicted molar refractivity (Wildman–Crippen MR) is 110 cm³/mol. The third-order valence-corrected chi connectivity index (χ3v) is 6.00. The molecule has 0 aliphatic carbocycles. The summed E-state index contributed by atoms with van der Waals surface area (Å²) in [5, 5.41) is 12.9. The normalized spacial score (nSPS) is 18.7. The van der Waals surface area contributed by atoms with E-state index < -0.39 is 12.0 Å². The molecule has 150 valence electrons. The molecule has 2 atom stereocenters. The van der Waals surface area contributed by atoms with E-state index in [1.807, 2.05) is 31.2 Å². The summed E-state index contributed by atoms with van der Waals surface area (Å²) in [6.07, 6.45) is 0. The molecule has 1 aliphatic heterocycles. The lowest BCUT2D eigenvalue weighted by molar-refractivity contribution is -0.138. The van der Waals surface area contributed by atoms with Gasteiger partial charge in [-0.15, -0.1) is 11.8 Å². The Labute approximate surface area is 173 Å². The highest BCUT2D eigenvalue weighted by Crippen LogP contribution is 2.39. The van der Waals surface area contributed by atoms with Crippen molar-refractivity contribution in [3.8, 4) is 17.2 Å². The van der Waals surface area contributed by atoms with Gasteiger partial charge < -0.3 is 19.3 Å². The summed E-state index contributed by atoms with van der Waals surface area (Å²) in [7, 11) is 1.59. The molecular weight excluding hydrogens is 402 g/mol. The highest BCUT2D eigenvalue weighted by molar-refractivity contribution is 7.99.